The van der Waals surface area contributed by atoms with Crippen LogP contribution in [-0.4, -0.2) is 5.24 Å². The highest BCUT2D eigenvalue weighted by atomic mass is 35.5. The lowest BCUT2D eigenvalue weighted by Gasteiger charge is -2.00. The highest BCUT2D eigenvalue weighted by Crippen LogP contribution is 2.62. The molecule has 1 unspecified atom stereocenters. The highest BCUT2D eigenvalue weighted by molar-refractivity contribution is 6.64. The van der Waals surface area contributed by atoms with Gasteiger partial charge in [0, 0.05) is 5.92 Å². The van der Waals surface area contributed by atoms with Gasteiger partial charge in [-0.1, -0.05) is 25.5 Å². The van der Waals surface area contributed by atoms with Gasteiger partial charge in [-0.2, -0.15) is 0 Å². The fraction of sp³-hybridized carbons (Fsp3) is 0.700. The van der Waals surface area contributed by atoms with Crippen molar-refractivity contribution in [2.45, 2.75) is 27.7 Å². The number of hydrogen-bond acceptors (Lipinski definition) is 1. The Morgan fingerprint density at radius 1 is 1.42 bits per heavy atom. The second-order valence-electron chi connectivity index (χ2n) is 4.11. The molecule has 1 saturated carbocycles. The summed E-state index contributed by atoms with van der Waals surface area (Å²) < 4.78 is 0. The molecule has 1 aliphatic carbocycles. The van der Waals surface area contributed by atoms with Crippen molar-refractivity contribution < 1.29 is 4.79 Å². The van der Waals surface area contributed by atoms with Crippen LogP contribution in [0.1, 0.15) is 27.7 Å². The van der Waals surface area contributed by atoms with Gasteiger partial charge >= 0.3 is 0 Å². The first-order chi connectivity index (χ1) is 5.42. The molecule has 0 heterocycles. The average Bonchev–Trinajstić information content (AvgIpc) is 2.52. The molecule has 2 heteroatoms. The zero-order valence-electron chi connectivity index (χ0n) is 8.02. The summed E-state index contributed by atoms with van der Waals surface area (Å²) in [6.07, 6.45) is 2.06. The molecule has 68 valence electrons. The predicted molar refractivity (Wildman–Crippen MR) is 51.1 cm³/mol. The topological polar surface area (TPSA) is 17.1 Å². The van der Waals surface area contributed by atoms with E-state index in [1.54, 1.807) is 0 Å². The Balaban J connectivity index is 2.80. The van der Waals surface area contributed by atoms with Gasteiger partial charge in [0.15, 0.2) is 0 Å². The van der Waals surface area contributed by atoms with E-state index in [1.807, 2.05) is 6.92 Å². The van der Waals surface area contributed by atoms with Crippen LogP contribution in [0.3, 0.4) is 0 Å². The van der Waals surface area contributed by atoms with Crippen molar-refractivity contribution in [3.63, 3.8) is 0 Å². The number of rotatable bonds is 2. The van der Waals surface area contributed by atoms with Crippen LogP contribution in [0.4, 0.5) is 0 Å². The fourth-order valence-electron chi connectivity index (χ4n) is 2.09. The van der Waals surface area contributed by atoms with E-state index in [0.29, 0.717) is 5.92 Å². The lowest BCUT2D eigenvalue weighted by atomic mass is 10.0. The second-order valence-corrected chi connectivity index (χ2v) is 4.49. The number of carbonyl (C=O) groups is 1. The summed E-state index contributed by atoms with van der Waals surface area (Å²) >= 11 is 5.49. The minimum atomic E-state index is -0.189. The van der Waals surface area contributed by atoms with Crippen LogP contribution in [0.2, 0.25) is 0 Å². The Morgan fingerprint density at radius 3 is 2.17 bits per heavy atom. The van der Waals surface area contributed by atoms with Crippen LogP contribution in [0, 0.1) is 17.3 Å². The van der Waals surface area contributed by atoms with Gasteiger partial charge in [0.2, 0.25) is 5.24 Å². The van der Waals surface area contributed by atoms with Crippen LogP contribution < -0.4 is 0 Å². The van der Waals surface area contributed by atoms with Gasteiger partial charge in [-0.05, 0) is 36.8 Å². The molecule has 0 saturated heterocycles. The maximum Gasteiger partial charge on any atom is 0.225 e. The highest BCUT2D eigenvalue weighted by Gasteiger charge is 2.61. The molecule has 1 rings (SSSR count). The fourth-order valence-corrected chi connectivity index (χ4v) is 2.50. The Bertz CT molecular complexity index is 240. The first-order valence-corrected chi connectivity index (χ1v) is 4.63. The van der Waals surface area contributed by atoms with E-state index in [4.69, 9.17) is 11.6 Å². The average molecular weight is 187 g/mol. The van der Waals surface area contributed by atoms with Crippen molar-refractivity contribution in [2.75, 3.05) is 0 Å². The standard InChI is InChI=1S/C10H15ClO/c1-5-6(2)7-8(9(11)12)10(7,3)4/h5,7-8H,1-4H3/b6-5-/t7?,8-/m0/s1. The number of carbonyl (C=O) groups excluding carboxylic acids is 1. The minimum Gasteiger partial charge on any atom is -0.281 e. The Hall–Kier alpha value is -0.300. The van der Waals surface area contributed by atoms with E-state index >= 15 is 0 Å². The van der Waals surface area contributed by atoms with Gasteiger partial charge in [0.25, 0.3) is 0 Å². The summed E-state index contributed by atoms with van der Waals surface area (Å²) in [7, 11) is 0. The van der Waals surface area contributed by atoms with Crippen LogP contribution in [0.15, 0.2) is 11.6 Å². The summed E-state index contributed by atoms with van der Waals surface area (Å²) in [5.74, 6) is 0.405. The zero-order chi connectivity index (χ0) is 9.52. The van der Waals surface area contributed by atoms with E-state index in [2.05, 4.69) is 26.8 Å². The first-order valence-electron chi connectivity index (χ1n) is 4.25. The number of halogens is 1. The smallest absolute Gasteiger partial charge is 0.225 e. The largest absolute Gasteiger partial charge is 0.281 e. The molecule has 0 spiro atoms. The lowest BCUT2D eigenvalue weighted by molar-refractivity contribution is -0.113. The summed E-state index contributed by atoms with van der Waals surface area (Å²) in [5, 5.41) is -0.189. The van der Waals surface area contributed by atoms with Gasteiger partial charge in [0.05, 0.1) is 0 Å². The Kier molecular flexibility index (Phi) is 2.35. The van der Waals surface area contributed by atoms with Crippen molar-refractivity contribution in [3.05, 3.63) is 11.6 Å². The summed E-state index contributed by atoms with van der Waals surface area (Å²) in [5.41, 5.74) is 1.36. The monoisotopic (exact) mass is 186 g/mol. The van der Waals surface area contributed by atoms with Crippen molar-refractivity contribution in [1.82, 2.24) is 0 Å². The van der Waals surface area contributed by atoms with E-state index in [9.17, 15) is 4.79 Å². The van der Waals surface area contributed by atoms with E-state index in [-0.39, 0.29) is 16.6 Å². The van der Waals surface area contributed by atoms with Crippen molar-refractivity contribution in [1.29, 1.82) is 0 Å². The third-order valence-electron chi connectivity index (χ3n) is 3.02. The van der Waals surface area contributed by atoms with Gasteiger partial charge in [-0.3, -0.25) is 4.79 Å². The summed E-state index contributed by atoms with van der Waals surface area (Å²) in [4.78, 5) is 11.0. The second kappa shape index (κ2) is 2.88. The zero-order valence-corrected chi connectivity index (χ0v) is 8.77. The third kappa shape index (κ3) is 1.31. The molecule has 2 atom stereocenters. The molecule has 0 aromatic heterocycles. The lowest BCUT2D eigenvalue weighted by Crippen LogP contribution is -1.96. The predicted octanol–water partition coefficient (Wildman–Crippen LogP) is 2.99. The molecular formula is C10H15ClO. The van der Waals surface area contributed by atoms with Crippen LogP contribution >= 0.6 is 11.6 Å². The minimum absolute atomic E-state index is 0.0374. The van der Waals surface area contributed by atoms with Crippen molar-refractivity contribution in [2.24, 2.45) is 17.3 Å². The molecule has 12 heavy (non-hydrogen) atoms. The molecule has 1 aliphatic rings. The molecule has 0 aliphatic heterocycles. The molecule has 1 nitrogen and oxygen atoms in total. The van der Waals surface area contributed by atoms with E-state index < -0.39 is 0 Å². The van der Waals surface area contributed by atoms with Gasteiger partial charge in [0.1, 0.15) is 0 Å². The van der Waals surface area contributed by atoms with E-state index in [0.717, 1.165) is 0 Å². The van der Waals surface area contributed by atoms with Gasteiger partial charge in [-0.25, -0.2) is 0 Å². The molecule has 0 aromatic carbocycles. The molecular weight excluding hydrogens is 172 g/mol. The molecule has 0 bridgehead atoms. The quantitative estimate of drug-likeness (QED) is 0.479. The van der Waals surface area contributed by atoms with Gasteiger partial charge in [-0.15, -0.1) is 0 Å². The number of allylic oxidation sites excluding steroid dienone is 2. The molecule has 0 N–H and O–H groups in total. The number of hydrogen-bond donors (Lipinski definition) is 0. The maximum absolute atomic E-state index is 11.0. The summed E-state index contributed by atoms with van der Waals surface area (Å²) in [6.45, 7) is 8.25. The van der Waals surface area contributed by atoms with Crippen molar-refractivity contribution in [3.8, 4) is 0 Å². The summed E-state index contributed by atoms with van der Waals surface area (Å²) in [6, 6.07) is 0. The van der Waals surface area contributed by atoms with E-state index in [1.165, 1.54) is 5.57 Å². The van der Waals surface area contributed by atoms with Gasteiger partial charge < -0.3 is 0 Å². The molecule has 0 radical (unpaired) electrons. The normalized spacial score (nSPS) is 33.2. The molecule has 1 fully saturated rings. The SMILES string of the molecule is C/C=C(/C)C1[C@@H](C(=O)Cl)C1(C)C. The third-order valence-corrected chi connectivity index (χ3v) is 3.25. The maximum atomic E-state index is 11.0. The molecule has 0 aromatic rings. The first kappa shape index (κ1) is 9.79. The Labute approximate surface area is 78.8 Å². The van der Waals surface area contributed by atoms with Crippen LogP contribution in [0.25, 0.3) is 0 Å². The molecule has 0 amide bonds. The van der Waals surface area contributed by atoms with Crippen LogP contribution in [0.5, 0.6) is 0 Å². The Morgan fingerprint density at radius 2 is 1.92 bits per heavy atom. The van der Waals surface area contributed by atoms with Crippen molar-refractivity contribution >= 4 is 16.8 Å². The van der Waals surface area contributed by atoms with Crippen LogP contribution in [-0.2, 0) is 4.79 Å².